The first-order valence-corrected chi connectivity index (χ1v) is 28.8. The van der Waals surface area contributed by atoms with Crippen LogP contribution in [0.2, 0.25) is 0 Å². The summed E-state index contributed by atoms with van der Waals surface area (Å²) in [6, 6.07) is 38.3. The van der Waals surface area contributed by atoms with Crippen molar-refractivity contribution < 1.29 is 33.8 Å². The highest BCUT2D eigenvalue weighted by Gasteiger charge is 2.19. The van der Waals surface area contributed by atoms with Gasteiger partial charge in [0.1, 0.15) is 11.3 Å². The van der Waals surface area contributed by atoms with Crippen molar-refractivity contribution in [2.24, 2.45) is 5.73 Å². The molecule has 0 atom stereocenters. The Morgan fingerprint density at radius 3 is 1.39 bits per heavy atom. The summed E-state index contributed by atoms with van der Waals surface area (Å²) in [5.74, 6) is -0.994. The summed E-state index contributed by atoms with van der Waals surface area (Å²) in [7, 11) is 0. The zero-order valence-corrected chi connectivity index (χ0v) is 49.1. The second-order valence-corrected chi connectivity index (χ2v) is 20.7. The predicted octanol–water partition coefficient (Wildman–Crippen LogP) is 7.39. The van der Waals surface area contributed by atoms with Gasteiger partial charge in [-0.2, -0.15) is 0 Å². The smallest absolute Gasteiger partial charge is 0.337 e. The molecule has 0 aliphatic carbocycles. The number of benzene rings is 4. The van der Waals surface area contributed by atoms with Gasteiger partial charge in [-0.3, -0.25) is 33.0 Å². The van der Waals surface area contributed by atoms with Crippen LogP contribution in [0, 0.1) is 13.8 Å². The van der Waals surface area contributed by atoms with Crippen LogP contribution in [0.5, 0.6) is 0 Å². The summed E-state index contributed by atoms with van der Waals surface area (Å²) < 4.78 is 14.1. The number of anilines is 8. The highest BCUT2D eigenvalue weighted by atomic mass is 16.5. The quantitative estimate of drug-likeness (QED) is 0.0401. The Morgan fingerprint density at radius 2 is 0.944 bits per heavy atom. The Morgan fingerprint density at radius 1 is 0.517 bits per heavy atom. The number of aromatic nitrogens is 8. The SMILES string of the molecule is Cc1nc2ccc(C(=O)NCCN3CCOCC3)cn2c1-c1ccnc(Nc2ccc(C(=O)Nc3ccccc3N)cc2)n1.Cc1nc2ccc(C(=O)O)cn2c1-c1ccnc(Nc2ccc(C(=O)Nc3ccccc3N)cc2)n1.NCCN1CCOCC1. The molecule has 12 N–H and O–H groups in total. The fraction of sp³-hybridized carbons (Fsp3) is 0.219. The predicted molar refractivity (Wildman–Crippen MR) is 342 cm³/mol. The Hall–Kier alpha value is -10.7. The van der Waals surface area contributed by atoms with Gasteiger partial charge in [-0.1, -0.05) is 24.3 Å². The largest absolute Gasteiger partial charge is 0.478 e. The number of nitrogens with zero attached hydrogens (tertiary/aromatic N) is 10. The number of aromatic carboxylic acids is 1. The molecule has 2 fully saturated rings. The van der Waals surface area contributed by atoms with Gasteiger partial charge in [0.15, 0.2) is 0 Å². The third kappa shape index (κ3) is 15.8. The van der Waals surface area contributed by atoms with Crippen LogP contribution in [0.25, 0.3) is 34.1 Å². The van der Waals surface area contributed by atoms with Crippen molar-refractivity contribution in [1.29, 1.82) is 0 Å². The zero-order chi connectivity index (χ0) is 62.2. The monoisotopic (exact) mass is 1200 g/mol. The van der Waals surface area contributed by atoms with Crippen LogP contribution < -0.4 is 43.8 Å². The van der Waals surface area contributed by atoms with Gasteiger partial charge in [0.05, 0.1) is 94.5 Å². The van der Waals surface area contributed by atoms with Crippen molar-refractivity contribution in [1.82, 2.24) is 53.8 Å². The summed E-state index contributed by atoms with van der Waals surface area (Å²) in [6.45, 7) is 13.9. The number of morpholine rings is 2. The third-order valence-corrected chi connectivity index (χ3v) is 14.5. The summed E-state index contributed by atoms with van der Waals surface area (Å²) in [5.41, 5.74) is 27.8. The second-order valence-electron chi connectivity index (χ2n) is 20.7. The average molecular weight is 1200 g/mol. The van der Waals surface area contributed by atoms with Gasteiger partial charge in [0.2, 0.25) is 11.9 Å². The minimum absolute atomic E-state index is 0.146. The maximum absolute atomic E-state index is 13.0. The number of pyridine rings is 2. The molecule has 89 heavy (non-hydrogen) atoms. The second kappa shape index (κ2) is 29.1. The highest BCUT2D eigenvalue weighted by Crippen LogP contribution is 2.28. The molecule has 6 aromatic heterocycles. The number of hydrogen-bond acceptors (Lipinski definition) is 19. The minimum Gasteiger partial charge on any atom is -0.478 e. The maximum atomic E-state index is 13.0. The van der Waals surface area contributed by atoms with Crippen LogP contribution in [-0.2, 0) is 9.47 Å². The van der Waals surface area contributed by atoms with E-state index in [1.54, 1.807) is 132 Å². The summed E-state index contributed by atoms with van der Waals surface area (Å²) in [4.78, 5) is 81.4. The topological polar surface area (TPSA) is 338 Å². The molecule has 10 aromatic rings. The van der Waals surface area contributed by atoms with Crippen molar-refractivity contribution in [3.8, 4) is 22.8 Å². The number of carbonyl (C=O) groups excluding carboxylic acids is 3. The lowest BCUT2D eigenvalue weighted by Gasteiger charge is -2.26. The van der Waals surface area contributed by atoms with Crippen LogP contribution in [0.4, 0.5) is 46.0 Å². The van der Waals surface area contributed by atoms with Gasteiger partial charge in [-0.25, -0.2) is 34.7 Å². The zero-order valence-electron chi connectivity index (χ0n) is 49.1. The molecule has 2 aliphatic heterocycles. The molecule has 8 heterocycles. The lowest BCUT2D eigenvalue weighted by atomic mass is 10.2. The number of nitrogens with two attached hydrogens (primary N) is 3. The maximum Gasteiger partial charge on any atom is 0.337 e. The number of fused-ring (bicyclic) bond motifs is 2. The van der Waals surface area contributed by atoms with Crippen LogP contribution in [0.1, 0.15) is 52.8 Å². The molecule has 0 radical (unpaired) electrons. The van der Waals surface area contributed by atoms with Crippen molar-refractivity contribution in [2.75, 3.05) is 112 Å². The van der Waals surface area contributed by atoms with Crippen LogP contribution in [-0.4, -0.2) is 156 Å². The Labute approximate surface area is 512 Å². The van der Waals surface area contributed by atoms with E-state index in [1.807, 2.05) is 36.4 Å². The lowest BCUT2D eigenvalue weighted by molar-refractivity contribution is 0.0383. The van der Waals surface area contributed by atoms with Crippen LogP contribution >= 0.6 is 0 Å². The van der Waals surface area contributed by atoms with E-state index in [4.69, 9.17) is 31.7 Å². The number of ether oxygens (including phenoxy) is 2. The van der Waals surface area contributed by atoms with Gasteiger partial charge < -0.3 is 58.4 Å². The number of para-hydroxylation sites is 4. The van der Waals surface area contributed by atoms with Crippen molar-refractivity contribution >= 4 is 81.0 Å². The number of carboxylic acids is 1. The molecule has 2 saturated heterocycles. The molecule has 25 heteroatoms. The fourth-order valence-corrected chi connectivity index (χ4v) is 9.84. The molecule has 0 bridgehead atoms. The Bertz CT molecular complexity index is 4110. The van der Waals surface area contributed by atoms with Crippen molar-refractivity contribution in [2.45, 2.75) is 13.8 Å². The standard InChI is InChI=1S/C32H33N9O3.C26H21N7O3.C6H14N2O/c1-21-29(41-20-23(8-11-28(41)36-21)30(42)34-14-15-40-16-18-44-19-17-40)27-12-13-35-32(39-27)37-24-9-6-22(7-10-24)31(43)38-26-5-3-2-4-25(26)33;1-15-23(33-14-17(25(35)36)8-11-22(33)29-15)21-12-13-28-26(32-21)30-18-9-6-16(7-10-18)24(34)31-20-5-3-2-4-19(20)27;7-1-2-8-3-5-9-6-4-8/h2-13,20H,14-19,33H2,1H3,(H,34,42)(H,38,43)(H,35,37,39);2-14H,27H2,1H3,(H,31,34)(H,35,36)(H,28,30,32);1-7H2. The van der Waals surface area contributed by atoms with Crippen LogP contribution in [0.15, 0.2) is 158 Å². The van der Waals surface area contributed by atoms with Gasteiger partial charge in [-0.05, 0) is 123 Å². The number of carboxylic acid groups (broad SMARTS) is 1. The van der Waals surface area contributed by atoms with Gasteiger partial charge in [0, 0.05) is 99.6 Å². The molecule has 2 aliphatic rings. The Balaban J connectivity index is 0.000000174. The average Bonchev–Trinajstić information content (AvgIpc) is 1.71. The molecule has 12 rings (SSSR count). The van der Waals surface area contributed by atoms with E-state index in [-0.39, 0.29) is 23.3 Å². The first-order valence-electron chi connectivity index (χ1n) is 28.8. The minimum atomic E-state index is -1.02. The number of rotatable bonds is 17. The normalized spacial score (nSPS) is 13.3. The Kier molecular flexibility index (Phi) is 20.1. The molecular weight excluding hydrogens is 1130 g/mol. The number of nitrogens with one attached hydrogen (secondary N) is 5. The van der Waals surface area contributed by atoms with E-state index in [0.29, 0.717) is 103 Å². The van der Waals surface area contributed by atoms with E-state index in [9.17, 15) is 24.3 Å². The summed E-state index contributed by atoms with van der Waals surface area (Å²) in [5, 5.41) is 24.3. The number of amides is 3. The highest BCUT2D eigenvalue weighted by molar-refractivity contribution is 6.06. The van der Waals surface area contributed by atoms with E-state index >= 15 is 0 Å². The molecule has 456 valence electrons. The molecule has 0 saturated carbocycles. The molecule has 0 spiro atoms. The van der Waals surface area contributed by atoms with Gasteiger partial charge >= 0.3 is 5.97 Å². The van der Waals surface area contributed by atoms with E-state index in [1.165, 1.54) is 12.3 Å². The number of imidazole rings is 2. The van der Waals surface area contributed by atoms with Crippen molar-refractivity contribution in [3.05, 3.63) is 192 Å². The fourth-order valence-electron chi connectivity index (χ4n) is 9.84. The summed E-state index contributed by atoms with van der Waals surface area (Å²) >= 11 is 0. The number of aryl methyl sites for hydroxylation is 2. The van der Waals surface area contributed by atoms with Gasteiger partial charge in [-0.15, -0.1) is 0 Å². The summed E-state index contributed by atoms with van der Waals surface area (Å²) in [6.07, 6.45) is 6.58. The number of carbonyl (C=O) groups is 4. The lowest BCUT2D eigenvalue weighted by Crippen LogP contribution is -2.41. The van der Waals surface area contributed by atoms with E-state index in [2.05, 4.69) is 61.3 Å². The molecule has 4 aromatic carbocycles. The van der Waals surface area contributed by atoms with Crippen molar-refractivity contribution in [3.63, 3.8) is 0 Å². The van der Waals surface area contributed by atoms with Crippen LogP contribution in [0.3, 0.4) is 0 Å². The number of nitrogen functional groups attached to an aromatic ring is 2. The van der Waals surface area contributed by atoms with E-state index < -0.39 is 5.97 Å². The first kappa shape index (κ1) is 61.4. The molecule has 3 amide bonds. The third-order valence-electron chi connectivity index (χ3n) is 14.5. The van der Waals surface area contributed by atoms with Gasteiger partial charge in [0.25, 0.3) is 17.7 Å². The first-order chi connectivity index (χ1) is 43.3. The number of hydrogen-bond donors (Lipinski definition) is 9. The molecular formula is C64H68N18O7. The van der Waals surface area contributed by atoms with E-state index in [0.717, 1.165) is 83.6 Å². The molecule has 0 unspecified atom stereocenters. The molecule has 25 nitrogen and oxygen atoms in total.